The van der Waals surface area contributed by atoms with Crippen LogP contribution in [0.1, 0.15) is 44.7 Å². The van der Waals surface area contributed by atoms with Crippen LogP contribution in [0.15, 0.2) is 18.2 Å². The second kappa shape index (κ2) is 6.42. The van der Waals surface area contributed by atoms with Gasteiger partial charge in [0.15, 0.2) is 0 Å². The van der Waals surface area contributed by atoms with E-state index < -0.39 is 0 Å². The van der Waals surface area contributed by atoms with Crippen molar-refractivity contribution < 1.29 is 9.47 Å². The summed E-state index contributed by atoms with van der Waals surface area (Å²) in [5.41, 5.74) is 2.75. The molecule has 1 aliphatic heterocycles. The highest BCUT2D eigenvalue weighted by atomic mass is 16.6. The summed E-state index contributed by atoms with van der Waals surface area (Å²) in [6, 6.07) is 6.46. The second-order valence-corrected chi connectivity index (χ2v) is 5.67. The van der Waals surface area contributed by atoms with Crippen LogP contribution in [-0.4, -0.2) is 18.8 Å². The van der Waals surface area contributed by atoms with E-state index in [-0.39, 0.29) is 0 Å². The van der Waals surface area contributed by atoms with Crippen LogP contribution in [0.3, 0.4) is 0 Å². The zero-order chi connectivity index (χ0) is 13.8. The summed E-state index contributed by atoms with van der Waals surface area (Å²) in [5, 5.41) is 0. The minimum atomic E-state index is 0.473. The Morgan fingerprint density at radius 1 is 1.32 bits per heavy atom. The first-order chi connectivity index (χ1) is 9.15. The molecule has 106 valence electrons. The lowest BCUT2D eigenvalue weighted by molar-refractivity contribution is 0.316. The topological polar surface area (TPSA) is 21.8 Å². The van der Waals surface area contributed by atoms with Gasteiger partial charge in [0.25, 0.3) is 0 Å². The van der Waals surface area contributed by atoms with E-state index in [1.54, 1.807) is 0 Å². The Kier molecular flexibility index (Phi) is 4.87. The number of hydrogen-bond donors (Lipinski definition) is 0. The number of epoxide rings is 1. The minimum Gasteiger partial charge on any atom is -0.494 e. The van der Waals surface area contributed by atoms with Crippen LogP contribution in [-0.2, 0) is 11.2 Å². The Labute approximate surface area is 117 Å². The minimum absolute atomic E-state index is 0.473. The Bertz CT molecular complexity index is 414. The molecule has 0 spiro atoms. The van der Waals surface area contributed by atoms with E-state index in [0.29, 0.717) is 18.1 Å². The first-order valence-corrected chi connectivity index (χ1v) is 7.53. The molecular formula is C17H26O2. The van der Waals surface area contributed by atoms with Crippen molar-refractivity contribution in [2.75, 3.05) is 6.61 Å². The number of hydrogen-bond acceptors (Lipinski definition) is 2. The Morgan fingerprint density at radius 2 is 2.11 bits per heavy atom. The molecule has 1 aliphatic rings. The summed E-state index contributed by atoms with van der Waals surface area (Å²) in [5.74, 6) is 1.59. The van der Waals surface area contributed by atoms with Gasteiger partial charge in [0.05, 0.1) is 18.8 Å². The molecule has 1 fully saturated rings. The normalized spacial score (nSPS) is 23.2. The van der Waals surface area contributed by atoms with E-state index in [4.69, 9.17) is 9.47 Å². The van der Waals surface area contributed by atoms with Crippen molar-refractivity contribution in [1.82, 2.24) is 0 Å². The van der Waals surface area contributed by atoms with E-state index >= 15 is 0 Å². The van der Waals surface area contributed by atoms with Gasteiger partial charge in [-0.3, -0.25) is 0 Å². The van der Waals surface area contributed by atoms with Gasteiger partial charge in [0.2, 0.25) is 0 Å². The van der Waals surface area contributed by atoms with Crippen LogP contribution < -0.4 is 4.74 Å². The molecule has 0 aliphatic carbocycles. The highest BCUT2D eigenvalue weighted by Crippen LogP contribution is 2.34. The maximum Gasteiger partial charge on any atom is 0.119 e. The third-order valence-electron chi connectivity index (χ3n) is 3.91. The summed E-state index contributed by atoms with van der Waals surface area (Å²) in [6.45, 7) is 9.58. The smallest absolute Gasteiger partial charge is 0.119 e. The third kappa shape index (κ3) is 3.73. The molecule has 0 bridgehead atoms. The van der Waals surface area contributed by atoms with Crippen molar-refractivity contribution in [3.8, 4) is 5.75 Å². The molecule has 0 radical (unpaired) electrons. The van der Waals surface area contributed by atoms with E-state index in [1.165, 1.54) is 11.1 Å². The van der Waals surface area contributed by atoms with E-state index in [2.05, 4.69) is 45.9 Å². The molecule has 1 heterocycles. The number of rotatable bonds is 7. The highest BCUT2D eigenvalue weighted by Gasteiger charge is 2.41. The van der Waals surface area contributed by atoms with Gasteiger partial charge in [-0.25, -0.2) is 0 Å². The van der Waals surface area contributed by atoms with Gasteiger partial charge in [0.1, 0.15) is 5.75 Å². The average molecular weight is 262 g/mol. The first-order valence-electron chi connectivity index (χ1n) is 7.53. The number of benzene rings is 1. The van der Waals surface area contributed by atoms with Crippen LogP contribution in [0.2, 0.25) is 0 Å². The quantitative estimate of drug-likeness (QED) is 0.689. The van der Waals surface area contributed by atoms with Gasteiger partial charge >= 0.3 is 0 Å². The van der Waals surface area contributed by atoms with Crippen LogP contribution >= 0.6 is 0 Å². The van der Waals surface area contributed by atoms with Crippen molar-refractivity contribution in [3.05, 3.63) is 29.3 Å². The molecule has 2 nitrogen and oxygen atoms in total. The zero-order valence-electron chi connectivity index (χ0n) is 12.6. The van der Waals surface area contributed by atoms with Crippen LogP contribution in [0.5, 0.6) is 5.75 Å². The van der Waals surface area contributed by atoms with E-state index in [0.717, 1.165) is 31.6 Å². The van der Waals surface area contributed by atoms with Gasteiger partial charge in [-0.15, -0.1) is 0 Å². The van der Waals surface area contributed by atoms with Crippen molar-refractivity contribution in [2.24, 2.45) is 5.92 Å². The lowest BCUT2D eigenvalue weighted by atomic mass is 9.93. The monoisotopic (exact) mass is 262 g/mol. The van der Waals surface area contributed by atoms with Crippen LogP contribution in [0.4, 0.5) is 0 Å². The molecule has 1 aromatic rings. The fourth-order valence-electron chi connectivity index (χ4n) is 2.66. The van der Waals surface area contributed by atoms with Crippen molar-refractivity contribution in [3.63, 3.8) is 0 Å². The Hall–Kier alpha value is -1.02. The SMILES string of the molecule is CCCOc1ccc(CC(C)C2OC2CC)c(C)c1. The third-order valence-corrected chi connectivity index (χ3v) is 3.91. The molecule has 3 unspecified atom stereocenters. The lowest BCUT2D eigenvalue weighted by Gasteiger charge is -2.13. The molecule has 0 amide bonds. The number of aryl methyl sites for hydroxylation is 1. The molecule has 0 N–H and O–H groups in total. The van der Waals surface area contributed by atoms with Crippen molar-refractivity contribution in [2.45, 2.75) is 59.2 Å². The van der Waals surface area contributed by atoms with Gasteiger partial charge in [-0.1, -0.05) is 26.8 Å². The van der Waals surface area contributed by atoms with Gasteiger partial charge < -0.3 is 9.47 Å². The molecule has 2 rings (SSSR count). The molecule has 3 atom stereocenters. The van der Waals surface area contributed by atoms with Crippen LogP contribution in [0.25, 0.3) is 0 Å². The molecule has 2 heteroatoms. The zero-order valence-corrected chi connectivity index (χ0v) is 12.6. The summed E-state index contributed by atoms with van der Waals surface area (Å²) < 4.78 is 11.4. The van der Waals surface area contributed by atoms with Gasteiger partial charge in [0, 0.05) is 0 Å². The molecule has 1 aromatic carbocycles. The van der Waals surface area contributed by atoms with Crippen molar-refractivity contribution >= 4 is 0 Å². The standard InChI is InChI=1S/C17H26O2/c1-5-9-18-15-8-7-14(12(3)11-15)10-13(4)17-16(6-2)19-17/h7-8,11,13,16-17H,5-6,9-10H2,1-4H3. The Morgan fingerprint density at radius 3 is 2.68 bits per heavy atom. The maximum absolute atomic E-state index is 5.69. The predicted molar refractivity (Wildman–Crippen MR) is 78.8 cm³/mol. The average Bonchev–Trinajstić information content (AvgIpc) is 3.18. The fraction of sp³-hybridized carbons (Fsp3) is 0.647. The fourth-order valence-corrected chi connectivity index (χ4v) is 2.66. The Balaban J connectivity index is 1.93. The van der Waals surface area contributed by atoms with Gasteiger partial charge in [-0.05, 0) is 55.4 Å². The van der Waals surface area contributed by atoms with Gasteiger partial charge in [-0.2, -0.15) is 0 Å². The largest absolute Gasteiger partial charge is 0.494 e. The van der Waals surface area contributed by atoms with Crippen LogP contribution in [0, 0.1) is 12.8 Å². The molecule has 19 heavy (non-hydrogen) atoms. The summed E-state index contributed by atoms with van der Waals surface area (Å²) in [4.78, 5) is 0. The van der Waals surface area contributed by atoms with E-state index in [9.17, 15) is 0 Å². The summed E-state index contributed by atoms with van der Waals surface area (Å²) >= 11 is 0. The predicted octanol–water partition coefficient (Wildman–Crippen LogP) is 4.14. The van der Waals surface area contributed by atoms with E-state index in [1.807, 2.05) is 0 Å². The second-order valence-electron chi connectivity index (χ2n) is 5.67. The molecule has 0 aromatic heterocycles. The highest BCUT2D eigenvalue weighted by molar-refractivity contribution is 5.35. The maximum atomic E-state index is 5.69. The summed E-state index contributed by atoms with van der Waals surface area (Å²) in [7, 11) is 0. The number of ether oxygens (including phenoxy) is 2. The lowest BCUT2D eigenvalue weighted by Crippen LogP contribution is -2.10. The molecule has 1 saturated heterocycles. The molecule has 0 saturated carbocycles. The van der Waals surface area contributed by atoms with Crippen molar-refractivity contribution in [1.29, 1.82) is 0 Å². The molecular weight excluding hydrogens is 236 g/mol. The summed E-state index contributed by atoms with van der Waals surface area (Å²) in [6.07, 6.45) is 4.26. The first kappa shape index (κ1) is 14.4.